The lowest BCUT2D eigenvalue weighted by Crippen LogP contribution is -3.28. The highest BCUT2D eigenvalue weighted by atomic mass is 16.7. The highest BCUT2D eigenvalue weighted by Gasteiger charge is 2.52. The maximum Gasteiger partial charge on any atom is 0.329 e. The van der Waals surface area contributed by atoms with Gasteiger partial charge in [0.05, 0.1) is 0 Å². The number of carbonyl (C=O) groups is 2. The van der Waals surface area contributed by atoms with Gasteiger partial charge in [-0.15, -0.1) is 0 Å². The van der Waals surface area contributed by atoms with Crippen molar-refractivity contribution in [2.75, 3.05) is 39.6 Å². The molecule has 29 heavy (non-hydrogen) atoms. The molecule has 1 spiro atoms. The number of fused-ring (bicyclic) bond motifs is 1. The van der Waals surface area contributed by atoms with Crippen LogP contribution in [-0.2, 0) is 11.3 Å². The summed E-state index contributed by atoms with van der Waals surface area (Å²) >= 11 is 0. The zero-order valence-electron chi connectivity index (χ0n) is 16.8. The standard InChI is InChI=1S/C21H28N4O4/c26-19-21(6-2-1-3-7-21)22-20(27)25(19)14-24-10-8-23(9-11-24)13-16-4-5-17-18(12-16)29-15-28-17/h4-5,12H,1-3,6-11,13-15H2,(H,22,27)/p+2. The SMILES string of the molecule is O=C1NC2(CCCCC2)C(=O)N1C[NH+]1CC[NH+](Cc2ccc3c(c2)OCO3)CC1. The van der Waals surface area contributed by atoms with Gasteiger partial charge in [-0.1, -0.05) is 19.3 Å². The van der Waals surface area contributed by atoms with Crippen LogP contribution in [0.1, 0.15) is 37.7 Å². The molecule has 3 fully saturated rings. The minimum absolute atomic E-state index is 0.00448. The van der Waals surface area contributed by atoms with Crippen molar-refractivity contribution in [3.8, 4) is 11.5 Å². The molecule has 0 atom stereocenters. The van der Waals surface area contributed by atoms with Crippen LogP contribution in [0.5, 0.6) is 11.5 Å². The van der Waals surface area contributed by atoms with E-state index in [4.69, 9.17) is 9.47 Å². The molecule has 156 valence electrons. The van der Waals surface area contributed by atoms with Gasteiger partial charge >= 0.3 is 6.03 Å². The van der Waals surface area contributed by atoms with Crippen LogP contribution in [0.15, 0.2) is 18.2 Å². The van der Waals surface area contributed by atoms with Gasteiger partial charge in [0, 0.05) is 5.56 Å². The molecule has 8 heteroatoms. The second kappa shape index (κ2) is 7.50. The Morgan fingerprint density at radius 3 is 2.48 bits per heavy atom. The van der Waals surface area contributed by atoms with Crippen molar-refractivity contribution < 1.29 is 28.9 Å². The summed E-state index contributed by atoms with van der Waals surface area (Å²) in [6, 6.07) is 5.97. The van der Waals surface area contributed by atoms with Crippen molar-refractivity contribution in [2.24, 2.45) is 0 Å². The summed E-state index contributed by atoms with van der Waals surface area (Å²) in [6.45, 7) is 5.72. The summed E-state index contributed by atoms with van der Waals surface area (Å²) in [5.74, 6) is 1.66. The average Bonchev–Trinajstić information content (AvgIpc) is 3.28. The van der Waals surface area contributed by atoms with E-state index in [0.29, 0.717) is 13.5 Å². The number of imide groups is 1. The molecule has 4 aliphatic rings. The Morgan fingerprint density at radius 2 is 1.69 bits per heavy atom. The summed E-state index contributed by atoms with van der Waals surface area (Å²) in [7, 11) is 0. The Hall–Kier alpha value is -2.32. The third-order valence-corrected chi connectivity index (χ3v) is 6.89. The lowest BCUT2D eigenvalue weighted by molar-refractivity contribution is -1.02. The van der Waals surface area contributed by atoms with E-state index in [9.17, 15) is 9.59 Å². The lowest BCUT2D eigenvalue weighted by Gasteiger charge is -2.32. The van der Waals surface area contributed by atoms with Gasteiger partial charge in [-0.05, 0) is 31.0 Å². The number of piperazine rings is 1. The van der Waals surface area contributed by atoms with Crippen LogP contribution >= 0.6 is 0 Å². The molecule has 1 aromatic rings. The molecule has 3 N–H and O–H groups in total. The van der Waals surface area contributed by atoms with Crippen LogP contribution < -0.4 is 24.6 Å². The van der Waals surface area contributed by atoms with Crippen molar-refractivity contribution in [1.82, 2.24) is 10.2 Å². The Morgan fingerprint density at radius 1 is 0.966 bits per heavy atom. The molecule has 1 aliphatic carbocycles. The van der Waals surface area contributed by atoms with Gasteiger partial charge in [-0.2, -0.15) is 0 Å². The maximum atomic E-state index is 13.0. The number of nitrogens with zero attached hydrogens (tertiary/aromatic N) is 1. The van der Waals surface area contributed by atoms with Gasteiger partial charge in [0.2, 0.25) is 6.79 Å². The number of amides is 3. The summed E-state index contributed by atoms with van der Waals surface area (Å²) < 4.78 is 10.9. The van der Waals surface area contributed by atoms with E-state index in [0.717, 1.165) is 76.3 Å². The topological polar surface area (TPSA) is 76.8 Å². The zero-order chi connectivity index (χ0) is 19.8. The Bertz CT molecular complexity index is 800. The van der Waals surface area contributed by atoms with Crippen molar-refractivity contribution in [2.45, 2.75) is 44.2 Å². The fraction of sp³-hybridized carbons (Fsp3) is 0.619. The molecular formula is C21H30N4O4+2. The summed E-state index contributed by atoms with van der Waals surface area (Å²) in [5, 5.41) is 3.02. The summed E-state index contributed by atoms with van der Waals surface area (Å²) in [5.41, 5.74) is 0.641. The largest absolute Gasteiger partial charge is 0.454 e. The Labute approximate surface area is 170 Å². The number of carbonyl (C=O) groups excluding carboxylic acids is 2. The molecule has 0 bridgehead atoms. The van der Waals surface area contributed by atoms with Crippen molar-refractivity contribution in [3.05, 3.63) is 23.8 Å². The number of nitrogens with one attached hydrogen (secondary N) is 3. The number of quaternary nitrogens is 2. The number of ether oxygens (including phenoxy) is 2. The number of benzene rings is 1. The molecule has 0 unspecified atom stereocenters. The van der Waals surface area contributed by atoms with Gasteiger partial charge in [0.1, 0.15) is 38.3 Å². The van der Waals surface area contributed by atoms with Gasteiger partial charge in [0.25, 0.3) is 5.91 Å². The third-order valence-electron chi connectivity index (χ3n) is 6.89. The third kappa shape index (κ3) is 3.55. The minimum atomic E-state index is -0.610. The Balaban J connectivity index is 1.14. The van der Waals surface area contributed by atoms with Gasteiger partial charge in [-0.3, -0.25) is 4.79 Å². The normalized spacial score (nSPS) is 28.1. The molecule has 8 nitrogen and oxygen atoms in total. The van der Waals surface area contributed by atoms with Gasteiger partial charge in [-0.25, -0.2) is 9.69 Å². The van der Waals surface area contributed by atoms with E-state index < -0.39 is 5.54 Å². The fourth-order valence-corrected chi connectivity index (χ4v) is 5.17. The number of hydrogen-bond acceptors (Lipinski definition) is 4. The second-order valence-corrected chi connectivity index (χ2v) is 8.83. The fourth-order valence-electron chi connectivity index (χ4n) is 5.17. The number of rotatable bonds is 4. The van der Waals surface area contributed by atoms with E-state index >= 15 is 0 Å². The predicted octanol–water partition coefficient (Wildman–Crippen LogP) is -1.09. The van der Waals surface area contributed by atoms with Crippen molar-refractivity contribution >= 4 is 11.9 Å². The quantitative estimate of drug-likeness (QED) is 0.560. The van der Waals surface area contributed by atoms with Gasteiger partial charge < -0.3 is 24.6 Å². The summed E-state index contributed by atoms with van der Waals surface area (Å²) in [4.78, 5) is 29.8. The highest BCUT2D eigenvalue weighted by molar-refractivity contribution is 6.06. The first kappa shape index (κ1) is 18.7. The van der Waals surface area contributed by atoms with E-state index in [2.05, 4.69) is 17.4 Å². The molecule has 3 heterocycles. The van der Waals surface area contributed by atoms with Crippen LogP contribution in [0.25, 0.3) is 0 Å². The average molecular weight is 402 g/mol. The van der Waals surface area contributed by atoms with E-state index in [1.54, 1.807) is 0 Å². The molecule has 1 saturated carbocycles. The molecule has 5 rings (SSSR count). The lowest BCUT2D eigenvalue weighted by atomic mass is 9.82. The van der Waals surface area contributed by atoms with Crippen LogP contribution in [0.3, 0.4) is 0 Å². The molecule has 0 aromatic heterocycles. The zero-order valence-corrected chi connectivity index (χ0v) is 16.8. The summed E-state index contributed by atoms with van der Waals surface area (Å²) in [6.07, 6.45) is 4.78. The number of urea groups is 1. The molecule has 3 aliphatic heterocycles. The first-order valence-corrected chi connectivity index (χ1v) is 10.8. The van der Waals surface area contributed by atoms with Crippen LogP contribution in [0.2, 0.25) is 0 Å². The Kier molecular flexibility index (Phi) is 4.83. The first-order chi connectivity index (χ1) is 14.1. The molecule has 3 amide bonds. The van der Waals surface area contributed by atoms with Crippen LogP contribution in [0.4, 0.5) is 4.79 Å². The maximum absolute atomic E-state index is 13.0. The molecule has 2 saturated heterocycles. The van der Waals surface area contributed by atoms with Crippen molar-refractivity contribution in [1.29, 1.82) is 0 Å². The highest BCUT2D eigenvalue weighted by Crippen LogP contribution is 2.33. The van der Waals surface area contributed by atoms with E-state index in [-0.39, 0.29) is 11.9 Å². The minimum Gasteiger partial charge on any atom is -0.454 e. The molecular weight excluding hydrogens is 372 g/mol. The second-order valence-electron chi connectivity index (χ2n) is 8.83. The monoisotopic (exact) mass is 402 g/mol. The predicted molar refractivity (Wildman–Crippen MR) is 104 cm³/mol. The molecule has 0 radical (unpaired) electrons. The van der Waals surface area contributed by atoms with E-state index in [1.807, 2.05) is 6.07 Å². The van der Waals surface area contributed by atoms with Crippen molar-refractivity contribution in [3.63, 3.8) is 0 Å². The first-order valence-electron chi connectivity index (χ1n) is 10.8. The van der Waals surface area contributed by atoms with Crippen LogP contribution in [-0.4, -0.2) is 62.0 Å². The van der Waals surface area contributed by atoms with Crippen LogP contribution in [0, 0.1) is 0 Å². The van der Waals surface area contributed by atoms with E-state index in [1.165, 1.54) is 20.3 Å². The number of hydrogen-bond donors (Lipinski definition) is 3. The smallest absolute Gasteiger partial charge is 0.329 e. The van der Waals surface area contributed by atoms with Gasteiger partial charge in [0.15, 0.2) is 18.2 Å². The molecule has 1 aromatic carbocycles.